The fourth-order valence-corrected chi connectivity index (χ4v) is 2.32. The molecule has 2 rings (SSSR count). The molecule has 0 aliphatic carbocycles. The molecule has 0 aliphatic rings. The number of hydrogen-bond donors (Lipinski definition) is 2. The van der Waals surface area contributed by atoms with Gasteiger partial charge in [-0.05, 0) is 12.1 Å². The fraction of sp³-hybridized carbons (Fsp3) is 0.167. The number of rotatable bonds is 7. The van der Waals surface area contributed by atoms with E-state index in [1.54, 1.807) is 18.2 Å². The van der Waals surface area contributed by atoms with Gasteiger partial charge in [0.25, 0.3) is 11.8 Å². The molecule has 0 unspecified atom stereocenters. The summed E-state index contributed by atoms with van der Waals surface area (Å²) >= 11 is 6.05. The third-order valence-corrected chi connectivity index (χ3v) is 3.64. The molecular formula is C18H18ClN3O4. The van der Waals surface area contributed by atoms with E-state index in [0.29, 0.717) is 28.8 Å². The van der Waals surface area contributed by atoms with Gasteiger partial charge in [-0.25, -0.2) is 4.98 Å². The smallest absolute Gasteiger partial charge is 0.274 e. The Morgan fingerprint density at radius 2 is 1.81 bits per heavy atom. The number of anilines is 1. The Labute approximate surface area is 156 Å². The Morgan fingerprint density at radius 1 is 1.15 bits per heavy atom. The molecule has 0 fully saturated rings. The highest BCUT2D eigenvalue weighted by molar-refractivity contribution is 6.32. The summed E-state index contributed by atoms with van der Waals surface area (Å²) in [5, 5.41) is 5.63. The minimum Gasteiger partial charge on any atom is -0.495 e. The number of benzene rings is 1. The number of aromatic nitrogens is 1. The van der Waals surface area contributed by atoms with Crippen LogP contribution in [0, 0.1) is 0 Å². The summed E-state index contributed by atoms with van der Waals surface area (Å²) in [7, 11) is 2.92. The SMILES string of the molecule is C=CCNC(=O)c1cccc(C(=O)Nc2cc(OC)c(Cl)cc2OC)n1. The number of halogens is 1. The third-order valence-electron chi connectivity index (χ3n) is 3.34. The molecule has 2 aromatic rings. The van der Waals surface area contributed by atoms with Crippen molar-refractivity contribution in [3.63, 3.8) is 0 Å². The highest BCUT2D eigenvalue weighted by atomic mass is 35.5. The fourth-order valence-electron chi connectivity index (χ4n) is 2.09. The predicted molar refractivity (Wildman–Crippen MR) is 99.3 cm³/mol. The van der Waals surface area contributed by atoms with Gasteiger partial charge in [0.15, 0.2) is 0 Å². The number of carbonyl (C=O) groups excluding carboxylic acids is 2. The molecule has 136 valence electrons. The molecule has 0 saturated carbocycles. The van der Waals surface area contributed by atoms with Crippen molar-refractivity contribution < 1.29 is 19.1 Å². The second kappa shape index (κ2) is 8.87. The Kier molecular flexibility index (Phi) is 6.57. The maximum Gasteiger partial charge on any atom is 0.274 e. The topological polar surface area (TPSA) is 89.6 Å². The lowest BCUT2D eigenvalue weighted by molar-refractivity contribution is 0.0953. The van der Waals surface area contributed by atoms with Crippen LogP contribution in [0.1, 0.15) is 21.0 Å². The zero-order chi connectivity index (χ0) is 19.1. The van der Waals surface area contributed by atoms with Crippen LogP contribution in [0.25, 0.3) is 0 Å². The van der Waals surface area contributed by atoms with E-state index >= 15 is 0 Å². The van der Waals surface area contributed by atoms with E-state index in [1.807, 2.05) is 0 Å². The first-order valence-electron chi connectivity index (χ1n) is 7.59. The molecule has 0 aliphatic heterocycles. The van der Waals surface area contributed by atoms with Gasteiger partial charge < -0.3 is 20.1 Å². The van der Waals surface area contributed by atoms with E-state index in [9.17, 15) is 9.59 Å². The van der Waals surface area contributed by atoms with Crippen molar-refractivity contribution in [2.45, 2.75) is 0 Å². The number of hydrogen-bond acceptors (Lipinski definition) is 5. The number of carbonyl (C=O) groups is 2. The van der Waals surface area contributed by atoms with Crippen molar-refractivity contribution in [2.75, 3.05) is 26.1 Å². The molecule has 8 heteroatoms. The van der Waals surface area contributed by atoms with Gasteiger partial charge in [-0.3, -0.25) is 9.59 Å². The van der Waals surface area contributed by atoms with Crippen molar-refractivity contribution in [3.05, 3.63) is 59.4 Å². The number of nitrogens with zero attached hydrogens (tertiary/aromatic N) is 1. The summed E-state index contributed by atoms with van der Waals surface area (Å²) < 4.78 is 10.4. The summed E-state index contributed by atoms with van der Waals surface area (Å²) in [4.78, 5) is 28.5. The molecule has 2 amide bonds. The van der Waals surface area contributed by atoms with E-state index < -0.39 is 11.8 Å². The van der Waals surface area contributed by atoms with Gasteiger partial charge in [-0.2, -0.15) is 0 Å². The first kappa shape index (κ1) is 19.3. The highest BCUT2D eigenvalue weighted by Crippen LogP contribution is 2.36. The maximum absolute atomic E-state index is 12.5. The molecule has 0 bridgehead atoms. The molecule has 1 heterocycles. The lowest BCUT2D eigenvalue weighted by Crippen LogP contribution is -2.25. The Morgan fingerprint density at radius 3 is 2.42 bits per heavy atom. The second-order valence-corrected chi connectivity index (χ2v) is 5.46. The monoisotopic (exact) mass is 375 g/mol. The summed E-state index contributed by atoms with van der Waals surface area (Å²) in [6.07, 6.45) is 1.55. The quantitative estimate of drug-likeness (QED) is 0.726. The first-order valence-corrected chi connectivity index (χ1v) is 7.97. The zero-order valence-corrected chi connectivity index (χ0v) is 15.1. The second-order valence-electron chi connectivity index (χ2n) is 5.05. The Balaban J connectivity index is 2.25. The van der Waals surface area contributed by atoms with Crippen LogP contribution in [0.4, 0.5) is 5.69 Å². The minimum atomic E-state index is -0.508. The number of nitrogens with one attached hydrogen (secondary N) is 2. The van der Waals surface area contributed by atoms with Crippen LogP contribution in [0.2, 0.25) is 5.02 Å². The molecule has 2 N–H and O–H groups in total. The van der Waals surface area contributed by atoms with E-state index in [-0.39, 0.29) is 11.4 Å². The number of pyridine rings is 1. The van der Waals surface area contributed by atoms with E-state index in [1.165, 1.54) is 32.4 Å². The highest BCUT2D eigenvalue weighted by Gasteiger charge is 2.16. The van der Waals surface area contributed by atoms with Gasteiger partial charge in [0.1, 0.15) is 22.9 Å². The van der Waals surface area contributed by atoms with Gasteiger partial charge in [0.2, 0.25) is 0 Å². The average molecular weight is 376 g/mol. The van der Waals surface area contributed by atoms with Crippen molar-refractivity contribution >= 4 is 29.1 Å². The third kappa shape index (κ3) is 4.52. The van der Waals surface area contributed by atoms with Crippen LogP contribution in [-0.4, -0.2) is 37.6 Å². The van der Waals surface area contributed by atoms with Gasteiger partial charge in [0, 0.05) is 18.7 Å². The van der Waals surface area contributed by atoms with Crippen LogP contribution < -0.4 is 20.1 Å². The molecule has 0 spiro atoms. The predicted octanol–water partition coefficient (Wildman–Crippen LogP) is 2.92. The van der Waals surface area contributed by atoms with Crippen molar-refractivity contribution in [2.24, 2.45) is 0 Å². The Bertz CT molecular complexity index is 839. The normalized spacial score (nSPS) is 9.96. The van der Waals surface area contributed by atoms with Gasteiger partial charge in [0.05, 0.1) is 24.9 Å². The summed E-state index contributed by atoms with van der Waals surface area (Å²) in [6.45, 7) is 3.83. The zero-order valence-electron chi connectivity index (χ0n) is 14.3. The summed E-state index contributed by atoms with van der Waals surface area (Å²) in [6, 6.07) is 7.66. The molecule has 1 aromatic carbocycles. The molecule has 0 saturated heterocycles. The average Bonchev–Trinajstić information content (AvgIpc) is 2.66. The first-order chi connectivity index (χ1) is 12.5. The van der Waals surface area contributed by atoms with Crippen LogP contribution in [-0.2, 0) is 0 Å². The number of amides is 2. The lowest BCUT2D eigenvalue weighted by atomic mass is 10.2. The van der Waals surface area contributed by atoms with Crippen molar-refractivity contribution in [1.82, 2.24) is 10.3 Å². The molecule has 0 atom stereocenters. The molecular weight excluding hydrogens is 358 g/mol. The van der Waals surface area contributed by atoms with Crippen LogP contribution >= 0.6 is 11.6 Å². The van der Waals surface area contributed by atoms with E-state index in [4.69, 9.17) is 21.1 Å². The minimum absolute atomic E-state index is 0.0761. The van der Waals surface area contributed by atoms with E-state index in [2.05, 4.69) is 22.2 Å². The Hall–Kier alpha value is -3.06. The van der Waals surface area contributed by atoms with Gasteiger partial charge in [-0.1, -0.05) is 23.7 Å². The van der Waals surface area contributed by atoms with Crippen LogP contribution in [0.3, 0.4) is 0 Å². The number of methoxy groups -OCH3 is 2. The van der Waals surface area contributed by atoms with Crippen molar-refractivity contribution in [1.29, 1.82) is 0 Å². The maximum atomic E-state index is 12.5. The molecule has 26 heavy (non-hydrogen) atoms. The van der Waals surface area contributed by atoms with Crippen LogP contribution in [0.5, 0.6) is 11.5 Å². The largest absolute Gasteiger partial charge is 0.495 e. The number of ether oxygens (including phenoxy) is 2. The standard InChI is InChI=1S/C18H18ClN3O4/c1-4-8-20-17(23)12-6-5-7-13(21-12)18(24)22-14-10-15(25-2)11(19)9-16(14)26-3/h4-7,9-10H,1,8H2,2-3H3,(H,20,23)(H,22,24). The molecule has 7 nitrogen and oxygen atoms in total. The van der Waals surface area contributed by atoms with Gasteiger partial charge in [-0.15, -0.1) is 6.58 Å². The van der Waals surface area contributed by atoms with Gasteiger partial charge >= 0.3 is 0 Å². The van der Waals surface area contributed by atoms with Crippen LogP contribution in [0.15, 0.2) is 43.0 Å². The summed E-state index contributed by atoms with van der Waals surface area (Å²) in [5.74, 6) is -0.159. The van der Waals surface area contributed by atoms with E-state index in [0.717, 1.165) is 0 Å². The molecule has 1 aromatic heterocycles. The molecule has 0 radical (unpaired) electrons. The van der Waals surface area contributed by atoms with Crippen molar-refractivity contribution in [3.8, 4) is 11.5 Å². The summed E-state index contributed by atoms with van der Waals surface area (Å²) in [5.41, 5.74) is 0.564. The lowest BCUT2D eigenvalue weighted by Gasteiger charge is -2.13.